The summed E-state index contributed by atoms with van der Waals surface area (Å²) in [5.41, 5.74) is 2.41. The number of amides is 1. The predicted molar refractivity (Wildman–Crippen MR) is 138 cm³/mol. The highest BCUT2D eigenvalue weighted by Gasteiger charge is 2.42. The summed E-state index contributed by atoms with van der Waals surface area (Å²) >= 11 is 1.42. The maximum absolute atomic E-state index is 13.4. The number of benzene rings is 1. The number of nitrogens with one attached hydrogen (secondary N) is 1. The number of ether oxygens (including phenoxy) is 4. The first-order chi connectivity index (χ1) is 17.3. The minimum Gasteiger partial charge on any atom is -0.497 e. The zero-order valence-electron chi connectivity index (χ0n) is 21.3. The summed E-state index contributed by atoms with van der Waals surface area (Å²) in [4.78, 5) is 32.9. The van der Waals surface area contributed by atoms with Gasteiger partial charge in [-0.15, -0.1) is 0 Å². The smallest absolute Gasteiger partial charge is 0.338 e. The van der Waals surface area contributed by atoms with Crippen LogP contribution in [0.1, 0.15) is 51.6 Å². The van der Waals surface area contributed by atoms with Gasteiger partial charge in [0.1, 0.15) is 11.5 Å². The normalized spacial score (nSPS) is 21.2. The second-order valence-corrected chi connectivity index (χ2v) is 9.91. The molecule has 3 aliphatic heterocycles. The van der Waals surface area contributed by atoms with Gasteiger partial charge >= 0.3 is 5.97 Å². The van der Waals surface area contributed by atoms with Crippen LogP contribution >= 0.6 is 11.8 Å². The lowest BCUT2D eigenvalue weighted by molar-refractivity contribution is -0.143. The molecule has 2 atom stereocenters. The number of hydrogen-bond acceptors (Lipinski definition) is 9. The summed E-state index contributed by atoms with van der Waals surface area (Å²) in [6, 6.07) is 4.85. The van der Waals surface area contributed by atoms with Gasteiger partial charge in [0.05, 0.1) is 50.2 Å². The Bertz CT molecular complexity index is 1110. The van der Waals surface area contributed by atoms with Gasteiger partial charge in [-0.05, 0) is 57.2 Å². The lowest BCUT2D eigenvalue weighted by atomic mass is 9.92. The number of rotatable bonds is 9. The number of allylic oxidation sites excluding steroid dienone is 1. The number of nitrogens with zero attached hydrogens (tertiary/aromatic N) is 2. The number of fused-ring (bicyclic) bond motifs is 1. The van der Waals surface area contributed by atoms with E-state index in [1.54, 1.807) is 33.3 Å². The topological polar surface area (TPSA) is 98.7 Å². The van der Waals surface area contributed by atoms with Crippen molar-refractivity contribution in [3.8, 4) is 11.5 Å². The third-order valence-corrected chi connectivity index (χ3v) is 7.08. The van der Waals surface area contributed by atoms with Gasteiger partial charge in [-0.1, -0.05) is 11.8 Å². The Hall–Kier alpha value is -2.98. The number of carbonyl (C=O) groups excluding carboxylic acids is 2. The zero-order chi connectivity index (χ0) is 25.8. The van der Waals surface area contributed by atoms with E-state index in [-0.39, 0.29) is 24.5 Å². The molecule has 1 aromatic rings. The zero-order valence-corrected chi connectivity index (χ0v) is 22.1. The first-order valence-corrected chi connectivity index (χ1v) is 13.0. The van der Waals surface area contributed by atoms with Crippen molar-refractivity contribution in [3.63, 3.8) is 0 Å². The van der Waals surface area contributed by atoms with Crippen molar-refractivity contribution < 1.29 is 28.5 Å². The van der Waals surface area contributed by atoms with E-state index in [9.17, 15) is 9.59 Å². The number of thioether (sulfide) groups is 1. The largest absolute Gasteiger partial charge is 0.497 e. The summed E-state index contributed by atoms with van der Waals surface area (Å²) in [7, 11) is 3.17. The maximum atomic E-state index is 13.4. The highest BCUT2D eigenvalue weighted by atomic mass is 32.2. The Balaban J connectivity index is 1.69. The van der Waals surface area contributed by atoms with Gasteiger partial charge < -0.3 is 29.2 Å². The first kappa shape index (κ1) is 26.1. The molecule has 1 N–H and O–H groups in total. The van der Waals surface area contributed by atoms with Crippen molar-refractivity contribution in [2.75, 3.05) is 27.4 Å². The SMILES string of the molecule is COc1ccc(OC)c([C@@H]2C(C(=O)OC(C)C)=C(C)N=C3SC=C(CC(=O)NC[C@@H]4CCCO4)N32)c1. The van der Waals surface area contributed by atoms with Crippen LogP contribution in [-0.2, 0) is 19.1 Å². The van der Waals surface area contributed by atoms with E-state index in [1.807, 2.05) is 30.2 Å². The number of hydrogen-bond donors (Lipinski definition) is 1. The molecule has 9 nitrogen and oxygen atoms in total. The summed E-state index contributed by atoms with van der Waals surface area (Å²) < 4.78 is 22.4. The van der Waals surface area contributed by atoms with Gasteiger partial charge in [-0.2, -0.15) is 0 Å². The van der Waals surface area contributed by atoms with E-state index < -0.39 is 12.0 Å². The molecule has 36 heavy (non-hydrogen) atoms. The highest BCUT2D eigenvalue weighted by molar-refractivity contribution is 8.16. The predicted octanol–water partition coefficient (Wildman–Crippen LogP) is 3.92. The van der Waals surface area contributed by atoms with Crippen LogP contribution in [0.15, 0.2) is 45.6 Å². The second kappa shape index (κ2) is 11.4. The summed E-state index contributed by atoms with van der Waals surface area (Å²) in [6.45, 7) is 6.64. The van der Waals surface area contributed by atoms with Crippen LogP contribution in [0.25, 0.3) is 0 Å². The van der Waals surface area contributed by atoms with Gasteiger partial charge in [0.2, 0.25) is 5.91 Å². The first-order valence-electron chi connectivity index (χ1n) is 12.1. The fourth-order valence-electron chi connectivity index (χ4n) is 4.52. The van der Waals surface area contributed by atoms with E-state index in [2.05, 4.69) is 5.32 Å². The van der Waals surface area contributed by atoms with Gasteiger partial charge in [-0.25, -0.2) is 9.79 Å². The highest BCUT2D eigenvalue weighted by Crippen LogP contribution is 2.47. The lowest BCUT2D eigenvalue weighted by Gasteiger charge is -2.37. The summed E-state index contributed by atoms with van der Waals surface area (Å²) in [5.74, 6) is 0.631. The fraction of sp³-hybridized carbons (Fsp3) is 0.500. The molecule has 3 heterocycles. The number of esters is 1. The van der Waals surface area contributed by atoms with E-state index in [1.165, 1.54) is 11.8 Å². The number of aliphatic imine (C=N–C) groups is 1. The molecular weight excluding hydrogens is 482 g/mol. The molecule has 4 rings (SSSR count). The van der Waals surface area contributed by atoms with Crippen LogP contribution in [0.3, 0.4) is 0 Å². The molecule has 10 heteroatoms. The fourth-order valence-corrected chi connectivity index (χ4v) is 5.48. The number of amidine groups is 1. The third-order valence-electron chi connectivity index (χ3n) is 6.19. The average molecular weight is 516 g/mol. The second-order valence-electron chi connectivity index (χ2n) is 9.07. The van der Waals surface area contributed by atoms with Crippen LogP contribution < -0.4 is 14.8 Å². The van der Waals surface area contributed by atoms with Crippen LogP contribution in [0, 0.1) is 0 Å². The Kier molecular flexibility index (Phi) is 8.25. The van der Waals surface area contributed by atoms with Crippen molar-refractivity contribution in [3.05, 3.63) is 46.1 Å². The van der Waals surface area contributed by atoms with Crippen molar-refractivity contribution in [1.29, 1.82) is 0 Å². The summed E-state index contributed by atoms with van der Waals surface area (Å²) in [6.07, 6.45) is 1.85. The molecule has 0 aliphatic carbocycles. The average Bonchev–Trinajstić information content (AvgIpc) is 3.51. The Labute approximate surface area is 215 Å². The van der Waals surface area contributed by atoms with Crippen LogP contribution in [0.2, 0.25) is 0 Å². The molecule has 0 saturated carbocycles. The molecule has 0 unspecified atom stereocenters. The monoisotopic (exact) mass is 515 g/mol. The summed E-state index contributed by atoms with van der Waals surface area (Å²) in [5, 5.41) is 5.58. The van der Waals surface area contributed by atoms with Gasteiger partial charge in [-0.3, -0.25) is 4.79 Å². The molecule has 0 radical (unpaired) electrons. The van der Waals surface area contributed by atoms with E-state index >= 15 is 0 Å². The van der Waals surface area contributed by atoms with Crippen LogP contribution in [0.4, 0.5) is 0 Å². The molecule has 1 aromatic carbocycles. The van der Waals surface area contributed by atoms with Crippen molar-refractivity contribution in [1.82, 2.24) is 10.2 Å². The molecular formula is C26H33N3O6S. The molecule has 3 aliphatic rings. The van der Waals surface area contributed by atoms with E-state index in [0.717, 1.165) is 25.1 Å². The maximum Gasteiger partial charge on any atom is 0.338 e. The third kappa shape index (κ3) is 5.54. The van der Waals surface area contributed by atoms with Crippen molar-refractivity contribution in [2.24, 2.45) is 4.99 Å². The van der Waals surface area contributed by atoms with Crippen molar-refractivity contribution in [2.45, 2.75) is 58.3 Å². The number of carbonyl (C=O) groups is 2. The molecule has 194 valence electrons. The molecule has 0 aromatic heterocycles. The lowest BCUT2D eigenvalue weighted by Crippen LogP contribution is -2.39. The molecule has 0 spiro atoms. The quantitative estimate of drug-likeness (QED) is 0.494. The molecule has 1 saturated heterocycles. The van der Waals surface area contributed by atoms with Gasteiger partial charge in [0.25, 0.3) is 0 Å². The van der Waals surface area contributed by atoms with E-state index in [0.29, 0.717) is 40.0 Å². The number of methoxy groups -OCH3 is 2. The van der Waals surface area contributed by atoms with Crippen molar-refractivity contribution >= 4 is 28.8 Å². The van der Waals surface area contributed by atoms with E-state index in [4.69, 9.17) is 23.9 Å². The molecule has 1 fully saturated rings. The minimum absolute atomic E-state index is 0.0600. The van der Waals surface area contributed by atoms with Gasteiger partial charge in [0.15, 0.2) is 5.17 Å². The standard InChI is InChI=1S/C26H33N3O6S/c1-15(2)35-25(31)23-16(3)28-26-29(24(23)20-12-18(32-4)8-9-21(20)33-5)17(14-36-26)11-22(30)27-13-19-7-6-10-34-19/h8-9,12,14-15,19,24H,6-7,10-11,13H2,1-5H3,(H,27,30)/t19-,24+/m0/s1. The minimum atomic E-state index is -0.610. The van der Waals surface area contributed by atoms with Crippen LogP contribution in [0.5, 0.6) is 11.5 Å². The Morgan fingerprint density at radius 2 is 2.08 bits per heavy atom. The molecule has 0 bridgehead atoms. The Morgan fingerprint density at radius 1 is 1.28 bits per heavy atom. The Morgan fingerprint density at radius 3 is 2.75 bits per heavy atom. The van der Waals surface area contributed by atoms with Crippen LogP contribution in [-0.4, -0.2) is 61.5 Å². The van der Waals surface area contributed by atoms with Gasteiger partial charge in [0, 0.05) is 24.4 Å². The molecule has 1 amide bonds.